The molecule has 1 saturated heterocycles. The van der Waals surface area contributed by atoms with Gasteiger partial charge in [-0.25, -0.2) is 0 Å². The molecule has 0 bridgehead atoms. The zero-order valence-corrected chi connectivity index (χ0v) is 12.2. The van der Waals surface area contributed by atoms with Crippen molar-refractivity contribution in [2.24, 2.45) is 0 Å². The average molecular weight is 299 g/mol. The molecule has 1 amide bonds. The number of carbonyl (C=O) groups is 1. The molecule has 0 radical (unpaired) electrons. The van der Waals surface area contributed by atoms with Crippen molar-refractivity contribution in [1.29, 1.82) is 0 Å². The minimum absolute atomic E-state index is 0.0836. The topological polar surface area (TPSA) is 50.8 Å². The predicted molar refractivity (Wildman–Crippen MR) is 76.6 cm³/mol. The Morgan fingerprint density at radius 1 is 1.30 bits per heavy atom. The Bertz CT molecular complexity index is 439. The lowest BCUT2D eigenvalue weighted by Crippen LogP contribution is -2.33. The van der Waals surface area contributed by atoms with E-state index in [4.69, 9.17) is 21.1 Å². The summed E-state index contributed by atoms with van der Waals surface area (Å²) in [6.07, 6.45) is -0.106. The maximum atomic E-state index is 11.9. The Balaban J connectivity index is 1.91. The van der Waals surface area contributed by atoms with Crippen LogP contribution in [0.4, 0.5) is 0 Å². The molecular weight excluding hydrogens is 280 g/mol. The number of hydrogen-bond donors (Lipinski definition) is 1. The van der Waals surface area contributed by atoms with Crippen LogP contribution in [-0.4, -0.2) is 50.8 Å². The lowest BCUT2D eigenvalue weighted by atomic mass is 10.1. The SMILES string of the molecule is COCCOCCN1C(=O)CNC1c1ccc(Cl)cc1. The summed E-state index contributed by atoms with van der Waals surface area (Å²) >= 11 is 5.88. The summed E-state index contributed by atoms with van der Waals surface area (Å²) in [5, 5.41) is 3.88. The molecule has 20 heavy (non-hydrogen) atoms. The van der Waals surface area contributed by atoms with E-state index in [1.807, 2.05) is 24.3 Å². The molecule has 5 nitrogen and oxygen atoms in total. The van der Waals surface area contributed by atoms with Gasteiger partial charge in [-0.2, -0.15) is 0 Å². The molecule has 1 atom stereocenters. The van der Waals surface area contributed by atoms with Crippen molar-refractivity contribution in [1.82, 2.24) is 10.2 Å². The van der Waals surface area contributed by atoms with Gasteiger partial charge in [0.2, 0.25) is 5.91 Å². The number of methoxy groups -OCH3 is 1. The lowest BCUT2D eigenvalue weighted by molar-refractivity contribution is -0.128. The second kappa shape index (κ2) is 7.59. The molecule has 0 aromatic heterocycles. The van der Waals surface area contributed by atoms with Crippen LogP contribution < -0.4 is 5.32 Å². The van der Waals surface area contributed by atoms with E-state index in [1.165, 1.54) is 0 Å². The third-order valence-corrected chi connectivity index (χ3v) is 3.42. The smallest absolute Gasteiger partial charge is 0.238 e. The van der Waals surface area contributed by atoms with Gasteiger partial charge in [0.25, 0.3) is 0 Å². The molecule has 1 N–H and O–H groups in total. The van der Waals surface area contributed by atoms with Crippen molar-refractivity contribution in [3.05, 3.63) is 34.9 Å². The molecule has 1 aliphatic rings. The van der Waals surface area contributed by atoms with Crippen molar-refractivity contribution in [3.63, 3.8) is 0 Å². The summed E-state index contributed by atoms with van der Waals surface area (Å²) in [7, 11) is 1.63. The molecule has 1 unspecified atom stereocenters. The van der Waals surface area contributed by atoms with Gasteiger partial charge in [0.15, 0.2) is 0 Å². The maximum absolute atomic E-state index is 11.9. The van der Waals surface area contributed by atoms with Crippen LogP contribution in [0.2, 0.25) is 5.02 Å². The Kier molecular flexibility index (Phi) is 5.79. The van der Waals surface area contributed by atoms with Crippen molar-refractivity contribution >= 4 is 17.5 Å². The van der Waals surface area contributed by atoms with Gasteiger partial charge in [0, 0.05) is 18.7 Å². The number of nitrogens with zero attached hydrogens (tertiary/aromatic N) is 1. The molecule has 1 aromatic carbocycles. The largest absolute Gasteiger partial charge is 0.382 e. The van der Waals surface area contributed by atoms with E-state index < -0.39 is 0 Å². The Morgan fingerprint density at radius 3 is 2.75 bits per heavy atom. The van der Waals surface area contributed by atoms with Crippen molar-refractivity contribution < 1.29 is 14.3 Å². The van der Waals surface area contributed by atoms with Crippen LogP contribution in [0.1, 0.15) is 11.7 Å². The minimum Gasteiger partial charge on any atom is -0.382 e. The summed E-state index contributed by atoms with van der Waals surface area (Å²) < 4.78 is 10.3. The Morgan fingerprint density at radius 2 is 2.05 bits per heavy atom. The van der Waals surface area contributed by atoms with Gasteiger partial charge in [-0.1, -0.05) is 23.7 Å². The molecule has 1 heterocycles. The number of carbonyl (C=O) groups excluding carboxylic acids is 1. The van der Waals surface area contributed by atoms with Gasteiger partial charge in [-0.15, -0.1) is 0 Å². The number of benzene rings is 1. The van der Waals surface area contributed by atoms with Crippen LogP contribution in [0, 0.1) is 0 Å². The number of nitrogens with one attached hydrogen (secondary N) is 1. The van der Waals surface area contributed by atoms with E-state index in [2.05, 4.69) is 5.32 Å². The summed E-state index contributed by atoms with van der Waals surface area (Å²) in [6.45, 7) is 2.51. The first-order valence-corrected chi connectivity index (χ1v) is 6.95. The fraction of sp³-hybridized carbons (Fsp3) is 0.500. The second-order valence-electron chi connectivity index (χ2n) is 4.53. The van der Waals surface area contributed by atoms with Gasteiger partial charge < -0.3 is 14.4 Å². The van der Waals surface area contributed by atoms with Crippen molar-refractivity contribution in [2.45, 2.75) is 6.17 Å². The van der Waals surface area contributed by atoms with Crippen LogP contribution in [0.3, 0.4) is 0 Å². The lowest BCUT2D eigenvalue weighted by Gasteiger charge is -2.24. The van der Waals surface area contributed by atoms with Gasteiger partial charge >= 0.3 is 0 Å². The van der Waals surface area contributed by atoms with E-state index in [9.17, 15) is 4.79 Å². The van der Waals surface area contributed by atoms with E-state index >= 15 is 0 Å². The normalized spacial score (nSPS) is 18.8. The fourth-order valence-corrected chi connectivity index (χ4v) is 2.27. The first kappa shape index (κ1) is 15.3. The number of hydrogen-bond acceptors (Lipinski definition) is 4. The summed E-state index contributed by atoms with van der Waals surface area (Å²) in [4.78, 5) is 13.7. The number of halogens is 1. The van der Waals surface area contributed by atoms with Crippen molar-refractivity contribution in [3.8, 4) is 0 Å². The van der Waals surface area contributed by atoms with Crippen LogP contribution in [0.15, 0.2) is 24.3 Å². The van der Waals surface area contributed by atoms with Crippen molar-refractivity contribution in [2.75, 3.05) is 40.0 Å². The van der Waals surface area contributed by atoms with E-state index in [1.54, 1.807) is 12.0 Å². The van der Waals surface area contributed by atoms with E-state index in [0.29, 0.717) is 37.9 Å². The van der Waals surface area contributed by atoms with Crippen LogP contribution in [0.5, 0.6) is 0 Å². The predicted octanol–water partition coefficient (Wildman–Crippen LogP) is 1.43. The van der Waals surface area contributed by atoms with Crippen LogP contribution in [0.25, 0.3) is 0 Å². The standard InChI is InChI=1S/C14H19ClN2O3/c1-19-8-9-20-7-6-17-13(18)10-16-14(17)11-2-4-12(15)5-3-11/h2-5,14,16H,6-10H2,1H3. The number of rotatable bonds is 7. The molecule has 1 aromatic rings. The second-order valence-corrected chi connectivity index (χ2v) is 4.96. The summed E-state index contributed by atoms with van der Waals surface area (Å²) in [5.74, 6) is 0.0836. The molecule has 1 aliphatic heterocycles. The molecule has 0 saturated carbocycles. The number of ether oxygens (including phenoxy) is 2. The third kappa shape index (κ3) is 3.93. The van der Waals surface area contributed by atoms with Crippen LogP contribution >= 0.6 is 11.6 Å². The van der Waals surface area contributed by atoms with E-state index in [0.717, 1.165) is 5.56 Å². The molecule has 6 heteroatoms. The summed E-state index contributed by atoms with van der Waals surface area (Å²) in [5.41, 5.74) is 1.03. The minimum atomic E-state index is -0.106. The molecular formula is C14H19ClN2O3. The first-order chi connectivity index (χ1) is 9.72. The quantitative estimate of drug-likeness (QED) is 0.774. The Hall–Kier alpha value is -1.14. The van der Waals surface area contributed by atoms with Gasteiger partial charge in [-0.05, 0) is 17.7 Å². The average Bonchev–Trinajstić information content (AvgIpc) is 2.81. The van der Waals surface area contributed by atoms with Gasteiger partial charge in [0.1, 0.15) is 6.17 Å². The highest BCUT2D eigenvalue weighted by molar-refractivity contribution is 6.30. The van der Waals surface area contributed by atoms with Gasteiger partial charge in [0.05, 0.1) is 26.4 Å². The molecule has 0 spiro atoms. The fourth-order valence-electron chi connectivity index (χ4n) is 2.14. The molecule has 1 fully saturated rings. The molecule has 2 rings (SSSR count). The van der Waals surface area contributed by atoms with E-state index in [-0.39, 0.29) is 12.1 Å². The van der Waals surface area contributed by atoms with Gasteiger partial charge in [-0.3, -0.25) is 10.1 Å². The highest BCUT2D eigenvalue weighted by atomic mass is 35.5. The highest BCUT2D eigenvalue weighted by Crippen LogP contribution is 2.23. The van der Waals surface area contributed by atoms with Crippen LogP contribution in [-0.2, 0) is 14.3 Å². The first-order valence-electron chi connectivity index (χ1n) is 6.57. The highest BCUT2D eigenvalue weighted by Gasteiger charge is 2.30. The summed E-state index contributed by atoms with van der Waals surface area (Å²) in [6, 6.07) is 7.51. The zero-order chi connectivity index (χ0) is 14.4. The third-order valence-electron chi connectivity index (χ3n) is 3.17. The monoisotopic (exact) mass is 298 g/mol. The molecule has 0 aliphatic carbocycles. The zero-order valence-electron chi connectivity index (χ0n) is 11.5. The Labute approximate surface area is 123 Å². The molecule has 110 valence electrons. The number of amides is 1. The maximum Gasteiger partial charge on any atom is 0.238 e.